The first-order valence-corrected chi connectivity index (χ1v) is 12.2. The molecule has 0 unspecified atom stereocenters. The van der Waals surface area contributed by atoms with Gasteiger partial charge in [-0.2, -0.15) is 0 Å². The zero-order valence-corrected chi connectivity index (χ0v) is 19.9. The van der Waals surface area contributed by atoms with Gasteiger partial charge in [0.1, 0.15) is 5.60 Å². The number of carbonyl (C=O) groups excluding carboxylic acids is 1. The van der Waals surface area contributed by atoms with Crippen molar-refractivity contribution in [2.75, 3.05) is 19.0 Å². The minimum atomic E-state index is -0.914. The van der Waals surface area contributed by atoms with Crippen molar-refractivity contribution >= 4 is 11.5 Å². The number of hydrogen-bond donors (Lipinski definition) is 1. The van der Waals surface area contributed by atoms with Gasteiger partial charge in [0.05, 0.1) is 0 Å². The molecule has 0 amide bonds. The van der Waals surface area contributed by atoms with E-state index >= 15 is 0 Å². The van der Waals surface area contributed by atoms with Gasteiger partial charge < -0.3 is 10.0 Å². The Morgan fingerprint density at radius 2 is 1.84 bits per heavy atom. The van der Waals surface area contributed by atoms with E-state index in [0.29, 0.717) is 18.3 Å². The van der Waals surface area contributed by atoms with Crippen LogP contribution < -0.4 is 4.90 Å². The van der Waals surface area contributed by atoms with Gasteiger partial charge in [-0.1, -0.05) is 30.6 Å². The van der Waals surface area contributed by atoms with Crippen LogP contribution in [0.15, 0.2) is 47.1 Å². The van der Waals surface area contributed by atoms with Gasteiger partial charge in [-0.05, 0) is 92.2 Å². The standard InChI is InChI=1S/C29H35NO2/c1-5-15-29(32)16-14-26-24-12-8-20-17-22(31)11-13-23(20)27(24)25(18-28(26,29)2)19-6-9-21(10-7-19)30(3)4/h6-7,9-10,17,24-26,32H,8,11-14,16,18H2,1-4H3/t24-,25+,26+,28+,29+/m1/s1. The van der Waals surface area contributed by atoms with E-state index in [1.54, 1.807) is 5.57 Å². The summed E-state index contributed by atoms with van der Waals surface area (Å²) in [5, 5.41) is 11.7. The number of fused-ring (bicyclic) bond motifs is 4. The smallest absolute Gasteiger partial charge is 0.156 e. The van der Waals surface area contributed by atoms with E-state index in [0.717, 1.165) is 38.5 Å². The van der Waals surface area contributed by atoms with Gasteiger partial charge in [0.2, 0.25) is 0 Å². The average molecular weight is 430 g/mol. The fourth-order valence-corrected chi connectivity index (χ4v) is 7.38. The maximum Gasteiger partial charge on any atom is 0.156 e. The third-order valence-corrected chi connectivity index (χ3v) is 9.03. The third-order valence-electron chi connectivity index (χ3n) is 9.03. The SMILES string of the molecule is CC#C[C@]1(O)CC[C@H]2[C@H]3CCC4=CC(=O)CCC4=C3[C@H](c3ccc(N(C)C)cc3)C[C@@]21C. The Labute approximate surface area is 192 Å². The maximum atomic E-state index is 12.2. The lowest BCUT2D eigenvalue weighted by Gasteiger charge is -2.53. The molecular formula is C29H35NO2. The van der Waals surface area contributed by atoms with Crippen LogP contribution >= 0.6 is 0 Å². The molecule has 0 spiro atoms. The van der Waals surface area contributed by atoms with Gasteiger partial charge in [-0.25, -0.2) is 0 Å². The molecule has 2 fully saturated rings. The topological polar surface area (TPSA) is 40.5 Å². The van der Waals surface area contributed by atoms with Crippen LogP contribution in [0.3, 0.4) is 0 Å². The molecule has 1 aromatic carbocycles. The average Bonchev–Trinajstić information content (AvgIpc) is 3.03. The van der Waals surface area contributed by atoms with Crippen LogP contribution in [0.5, 0.6) is 0 Å². The summed E-state index contributed by atoms with van der Waals surface area (Å²) < 4.78 is 0. The van der Waals surface area contributed by atoms with Gasteiger partial charge in [-0.3, -0.25) is 4.79 Å². The number of allylic oxidation sites excluding steroid dienone is 4. The van der Waals surface area contributed by atoms with Gasteiger partial charge in [-0.15, -0.1) is 5.92 Å². The number of rotatable bonds is 2. The lowest BCUT2D eigenvalue weighted by Crippen LogP contribution is -2.51. The fourth-order valence-electron chi connectivity index (χ4n) is 7.38. The van der Waals surface area contributed by atoms with Gasteiger partial charge in [0.25, 0.3) is 0 Å². The molecule has 0 bridgehead atoms. The molecule has 2 saturated carbocycles. The van der Waals surface area contributed by atoms with Crippen molar-refractivity contribution in [3.8, 4) is 11.8 Å². The van der Waals surface area contributed by atoms with Crippen LogP contribution in [0.2, 0.25) is 0 Å². The zero-order valence-electron chi connectivity index (χ0n) is 19.9. The molecule has 0 aromatic heterocycles. The highest BCUT2D eigenvalue weighted by Crippen LogP contribution is 2.66. The van der Waals surface area contributed by atoms with Gasteiger partial charge in [0, 0.05) is 37.5 Å². The second-order valence-electron chi connectivity index (χ2n) is 10.8. The second-order valence-corrected chi connectivity index (χ2v) is 10.8. The van der Waals surface area contributed by atoms with Crippen molar-refractivity contribution in [2.45, 2.75) is 70.3 Å². The molecule has 5 rings (SSSR count). The summed E-state index contributed by atoms with van der Waals surface area (Å²) in [6.45, 7) is 4.15. The highest BCUT2D eigenvalue weighted by atomic mass is 16.3. The van der Waals surface area contributed by atoms with Crippen LogP contribution in [0, 0.1) is 29.1 Å². The molecule has 32 heavy (non-hydrogen) atoms. The Morgan fingerprint density at radius 3 is 2.53 bits per heavy atom. The Balaban J connectivity index is 1.67. The Morgan fingerprint density at radius 1 is 1.09 bits per heavy atom. The van der Waals surface area contributed by atoms with Crippen molar-refractivity contribution in [2.24, 2.45) is 17.3 Å². The third kappa shape index (κ3) is 3.11. The van der Waals surface area contributed by atoms with Crippen LogP contribution in [-0.2, 0) is 4.79 Å². The van der Waals surface area contributed by atoms with E-state index in [-0.39, 0.29) is 17.1 Å². The molecule has 168 valence electrons. The van der Waals surface area contributed by atoms with Crippen molar-refractivity contribution in [1.29, 1.82) is 0 Å². The summed E-state index contributed by atoms with van der Waals surface area (Å²) in [7, 11) is 4.14. The summed E-state index contributed by atoms with van der Waals surface area (Å²) in [4.78, 5) is 14.3. The van der Waals surface area contributed by atoms with Crippen molar-refractivity contribution in [1.82, 2.24) is 0 Å². The predicted molar refractivity (Wildman–Crippen MR) is 129 cm³/mol. The molecule has 5 atom stereocenters. The second kappa shape index (κ2) is 7.63. The Bertz CT molecular complexity index is 1070. The lowest BCUT2D eigenvalue weighted by molar-refractivity contribution is -0.114. The normalized spacial score (nSPS) is 35.8. The first-order valence-electron chi connectivity index (χ1n) is 12.2. The summed E-state index contributed by atoms with van der Waals surface area (Å²) in [5.41, 5.74) is 5.71. The lowest BCUT2D eigenvalue weighted by atomic mass is 9.51. The molecule has 0 saturated heterocycles. The molecule has 1 aromatic rings. The van der Waals surface area contributed by atoms with Crippen LogP contribution in [0.1, 0.15) is 70.3 Å². The van der Waals surface area contributed by atoms with E-state index in [9.17, 15) is 9.90 Å². The largest absolute Gasteiger partial charge is 0.378 e. The van der Waals surface area contributed by atoms with Crippen molar-refractivity contribution in [3.63, 3.8) is 0 Å². The zero-order chi connectivity index (χ0) is 22.7. The van der Waals surface area contributed by atoms with E-state index in [4.69, 9.17) is 0 Å². The molecule has 3 nitrogen and oxygen atoms in total. The van der Waals surface area contributed by atoms with E-state index in [2.05, 4.69) is 62.0 Å². The van der Waals surface area contributed by atoms with Crippen LogP contribution in [0.4, 0.5) is 5.69 Å². The monoisotopic (exact) mass is 429 g/mol. The van der Waals surface area contributed by atoms with Crippen molar-refractivity contribution < 1.29 is 9.90 Å². The molecule has 1 N–H and O–H groups in total. The quantitative estimate of drug-likeness (QED) is 0.640. The summed E-state index contributed by atoms with van der Waals surface area (Å²) >= 11 is 0. The first-order chi connectivity index (χ1) is 15.3. The van der Waals surface area contributed by atoms with E-state index < -0.39 is 5.60 Å². The molecule has 0 heterocycles. The molecule has 0 aliphatic heterocycles. The number of carbonyl (C=O) groups is 1. The molecule has 3 heteroatoms. The minimum Gasteiger partial charge on any atom is -0.378 e. The van der Waals surface area contributed by atoms with E-state index in [1.165, 1.54) is 22.4 Å². The number of anilines is 1. The van der Waals surface area contributed by atoms with E-state index in [1.807, 2.05) is 13.0 Å². The first kappa shape index (κ1) is 21.5. The Hall–Kier alpha value is -2.31. The highest BCUT2D eigenvalue weighted by Gasteiger charge is 2.62. The predicted octanol–water partition coefficient (Wildman–Crippen LogP) is 5.41. The number of ketones is 1. The maximum absolute atomic E-state index is 12.2. The molecule has 4 aliphatic carbocycles. The number of nitrogens with zero attached hydrogens (tertiary/aromatic N) is 1. The van der Waals surface area contributed by atoms with Gasteiger partial charge >= 0.3 is 0 Å². The van der Waals surface area contributed by atoms with Gasteiger partial charge in [0.15, 0.2) is 5.78 Å². The van der Waals surface area contributed by atoms with Crippen LogP contribution in [-0.4, -0.2) is 30.6 Å². The highest BCUT2D eigenvalue weighted by molar-refractivity contribution is 5.93. The molecule has 4 aliphatic rings. The molecular weight excluding hydrogens is 394 g/mol. The minimum absolute atomic E-state index is 0.221. The summed E-state index contributed by atoms with van der Waals surface area (Å²) in [6, 6.07) is 8.97. The summed E-state index contributed by atoms with van der Waals surface area (Å²) in [5.74, 6) is 7.76. The molecule has 0 radical (unpaired) electrons. The summed E-state index contributed by atoms with van der Waals surface area (Å²) in [6.07, 6.45) is 8.23. The number of aliphatic hydroxyl groups is 1. The fraction of sp³-hybridized carbons (Fsp3) is 0.552. The Kier molecular flexibility index (Phi) is 5.13. The number of benzene rings is 1. The van der Waals surface area contributed by atoms with Crippen LogP contribution in [0.25, 0.3) is 0 Å². The van der Waals surface area contributed by atoms with Crippen molar-refractivity contribution in [3.05, 3.63) is 52.6 Å². The number of hydrogen-bond acceptors (Lipinski definition) is 3.